The molecular weight excluding hydrogens is 160 g/mol. The summed E-state index contributed by atoms with van der Waals surface area (Å²) >= 11 is 0. The zero-order valence-electron chi connectivity index (χ0n) is 8.72. The van der Waals surface area contributed by atoms with E-state index in [0.717, 1.165) is 12.8 Å². The van der Waals surface area contributed by atoms with Gasteiger partial charge < -0.3 is 5.11 Å². The normalized spacial score (nSPS) is 52.1. The Morgan fingerprint density at radius 1 is 1.38 bits per heavy atom. The third kappa shape index (κ3) is 0.742. The molecule has 1 N–H and O–H groups in total. The van der Waals surface area contributed by atoms with Gasteiger partial charge in [0.1, 0.15) is 5.60 Å². The Bertz CT molecular complexity index is 286. The molecule has 0 saturated heterocycles. The van der Waals surface area contributed by atoms with Gasteiger partial charge in [0.2, 0.25) is 0 Å². The largest absolute Gasteiger partial charge is 0.377 e. The summed E-state index contributed by atoms with van der Waals surface area (Å²) in [6.45, 7) is 6.65. The van der Waals surface area contributed by atoms with Gasteiger partial charge in [0.15, 0.2) is 0 Å². The number of terminal acetylenes is 1. The summed E-state index contributed by atoms with van der Waals surface area (Å²) in [7, 11) is 0. The topological polar surface area (TPSA) is 20.2 Å². The molecule has 2 aliphatic rings. The van der Waals surface area contributed by atoms with Crippen LogP contribution in [0.5, 0.6) is 0 Å². The van der Waals surface area contributed by atoms with E-state index in [9.17, 15) is 5.11 Å². The van der Waals surface area contributed by atoms with Crippen LogP contribution in [0.3, 0.4) is 0 Å². The summed E-state index contributed by atoms with van der Waals surface area (Å²) < 4.78 is 0. The van der Waals surface area contributed by atoms with Crippen LogP contribution in [0.15, 0.2) is 0 Å². The molecule has 1 heteroatoms. The fourth-order valence-electron chi connectivity index (χ4n) is 3.49. The summed E-state index contributed by atoms with van der Waals surface area (Å²) in [6, 6.07) is 0. The van der Waals surface area contributed by atoms with Crippen LogP contribution in [0.25, 0.3) is 0 Å². The minimum atomic E-state index is -0.848. The van der Waals surface area contributed by atoms with Crippen LogP contribution in [0.4, 0.5) is 0 Å². The first-order valence-corrected chi connectivity index (χ1v) is 5.07. The average molecular weight is 178 g/mol. The lowest BCUT2D eigenvalue weighted by Crippen LogP contribution is -2.45. The average Bonchev–Trinajstić information content (AvgIpc) is 2.36. The van der Waals surface area contributed by atoms with Crippen molar-refractivity contribution in [3.05, 3.63) is 0 Å². The first kappa shape index (κ1) is 9.09. The van der Waals surface area contributed by atoms with Gasteiger partial charge in [-0.2, -0.15) is 0 Å². The molecule has 2 rings (SSSR count). The molecule has 2 saturated carbocycles. The zero-order valence-corrected chi connectivity index (χ0v) is 8.72. The van der Waals surface area contributed by atoms with Crippen LogP contribution in [0, 0.1) is 29.1 Å². The van der Waals surface area contributed by atoms with Crippen LogP contribution < -0.4 is 0 Å². The van der Waals surface area contributed by atoms with Crippen molar-refractivity contribution in [2.24, 2.45) is 16.7 Å². The van der Waals surface area contributed by atoms with Crippen molar-refractivity contribution < 1.29 is 5.11 Å². The fourth-order valence-corrected chi connectivity index (χ4v) is 3.49. The van der Waals surface area contributed by atoms with Crippen LogP contribution >= 0.6 is 0 Å². The third-order valence-electron chi connectivity index (χ3n) is 5.13. The van der Waals surface area contributed by atoms with Crippen LogP contribution in [0.2, 0.25) is 0 Å². The molecule has 0 heterocycles. The van der Waals surface area contributed by atoms with Crippen molar-refractivity contribution in [3.8, 4) is 12.3 Å². The maximum absolute atomic E-state index is 10.3. The van der Waals surface area contributed by atoms with E-state index in [1.807, 2.05) is 0 Å². The molecule has 0 radical (unpaired) electrons. The van der Waals surface area contributed by atoms with Crippen molar-refractivity contribution in [2.45, 2.75) is 45.6 Å². The van der Waals surface area contributed by atoms with Crippen molar-refractivity contribution in [2.75, 3.05) is 0 Å². The lowest BCUT2D eigenvalue weighted by Gasteiger charge is -2.42. The summed E-state index contributed by atoms with van der Waals surface area (Å²) in [5, 5.41) is 10.3. The molecule has 0 spiro atoms. The van der Waals surface area contributed by atoms with Crippen LogP contribution in [-0.2, 0) is 0 Å². The minimum absolute atomic E-state index is 0.0700. The number of rotatable bonds is 0. The molecule has 2 fully saturated rings. The minimum Gasteiger partial charge on any atom is -0.377 e. The fraction of sp³-hybridized carbons (Fsp3) is 0.833. The summed E-state index contributed by atoms with van der Waals surface area (Å²) in [4.78, 5) is 0. The van der Waals surface area contributed by atoms with E-state index in [0.29, 0.717) is 5.92 Å². The Hall–Kier alpha value is -0.480. The molecule has 13 heavy (non-hydrogen) atoms. The van der Waals surface area contributed by atoms with Crippen molar-refractivity contribution in [3.63, 3.8) is 0 Å². The molecule has 1 nitrogen and oxygen atoms in total. The van der Waals surface area contributed by atoms with Crippen LogP contribution in [-0.4, -0.2) is 10.7 Å². The van der Waals surface area contributed by atoms with E-state index in [1.165, 1.54) is 6.42 Å². The highest BCUT2D eigenvalue weighted by molar-refractivity contribution is 5.27. The highest BCUT2D eigenvalue weighted by Gasteiger charge is 2.67. The van der Waals surface area contributed by atoms with E-state index in [4.69, 9.17) is 6.42 Å². The maximum Gasteiger partial charge on any atom is 0.131 e. The predicted molar refractivity (Wildman–Crippen MR) is 53.0 cm³/mol. The van der Waals surface area contributed by atoms with Gasteiger partial charge in [0.05, 0.1) is 0 Å². The van der Waals surface area contributed by atoms with Gasteiger partial charge in [-0.25, -0.2) is 0 Å². The molecule has 0 aliphatic heterocycles. The number of aliphatic hydroxyl groups is 1. The second kappa shape index (κ2) is 2.12. The first-order valence-electron chi connectivity index (χ1n) is 5.07. The lowest BCUT2D eigenvalue weighted by molar-refractivity contribution is -0.0431. The van der Waals surface area contributed by atoms with Gasteiger partial charge in [-0.15, -0.1) is 6.42 Å². The highest BCUT2D eigenvalue weighted by Crippen LogP contribution is 2.69. The third-order valence-corrected chi connectivity index (χ3v) is 5.13. The second-order valence-electron chi connectivity index (χ2n) is 5.50. The Morgan fingerprint density at radius 3 is 2.23 bits per heavy atom. The van der Waals surface area contributed by atoms with Crippen LogP contribution in [0.1, 0.15) is 40.0 Å². The van der Waals surface area contributed by atoms with Crippen molar-refractivity contribution >= 4 is 0 Å². The van der Waals surface area contributed by atoms with E-state index in [2.05, 4.69) is 26.7 Å². The Kier molecular flexibility index (Phi) is 1.48. The lowest BCUT2D eigenvalue weighted by atomic mass is 9.65. The van der Waals surface area contributed by atoms with E-state index in [-0.39, 0.29) is 10.8 Å². The maximum atomic E-state index is 10.3. The zero-order chi connectivity index (χ0) is 9.91. The number of hydrogen-bond donors (Lipinski definition) is 1. The van der Waals surface area contributed by atoms with Gasteiger partial charge in [-0.3, -0.25) is 0 Å². The van der Waals surface area contributed by atoms with Gasteiger partial charge in [-0.1, -0.05) is 26.7 Å². The van der Waals surface area contributed by atoms with Gasteiger partial charge >= 0.3 is 0 Å². The summed E-state index contributed by atoms with van der Waals surface area (Å²) in [6.07, 6.45) is 8.56. The molecule has 0 aromatic rings. The molecule has 0 aromatic carbocycles. The van der Waals surface area contributed by atoms with Gasteiger partial charge in [0, 0.05) is 5.41 Å². The van der Waals surface area contributed by atoms with Crippen molar-refractivity contribution in [1.82, 2.24) is 0 Å². The molecule has 0 amide bonds. The smallest absolute Gasteiger partial charge is 0.131 e. The molecular formula is C12H18O. The SMILES string of the molecule is C#C[C@]1(O)C[C@@H]2CC[C@]1(C)C2(C)C. The predicted octanol–water partition coefficient (Wildman–Crippen LogP) is 2.20. The quantitative estimate of drug-likeness (QED) is 0.564. The first-order chi connectivity index (χ1) is 5.87. The van der Waals surface area contributed by atoms with Crippen molar-refractivity contribution in [1.29, 1.82) is 0 Å². The molecule has 0 unspecified atom stereocenters. The molecule has 3 atom stereocenters. The summed E-state index contributed by atoms with van der Waals surface area (Å²) in [5.74, 6) is 3.23. The molecule has 72 valence electrons. The molecule has 2 aliphatic carbocycles. The molecule has 2 bridgehead atoms. The molecule has 0 aromatic heterocycles. The number of fused-ring (bicyclic) bond motifs is 2. The second-order valence-corrected chi connectivity index (χ2v) is 5.50. The van der Waals surface area contributed by atoms with E-state index >= 15 is 0 Å². The van der Waals surface area contributed by atoms with E-state index < -0.39 is 5.60 Å². The summed E-state index contributed by atoms with van der Waals surface area (Å²) in [5.41, 5.74) is -0.715. The standard InChI is InChI=1S/C12H18O/c1-5-12(13)8-9-6-7-11(12,4)10(9,2)3/h1,9,13H,6-8H2,2-4H3/t9-,11+,12-/m0/s1. The number of hydrogen-bond acceptors (Lipinski definition) is 1. The Balaban J connectivity index is 2.51. The Morgan fingerprint density at radius 2 is 2.00 bits per heavy atom. The monoisotopic (exact) mass is 178 g/mol. The van der Waals surface area contributed by atoms with Gasteiger partial charge in [0.25, 0.3) is 0 Å². The Labute approximate surface area is 80.5 Å². The highest BCUT2D eigenvalue weighted by atomic mass is 16.3. The van der Waals surface area contributed by atoms with Gasteiger partial charge in [-0.05, 0) is 30.6 Å². The van der Waals surface area contributed by atoms with E-state index in [1.54, 1.807) is 0 Å².